The SMILES string of the molecule is CC(C)C(Oc1ccccc1C#N)C(=O)NC1CCS(=O)(=O)C1. The van der Waals surface area contributed by atoms with Gasteiger partial charge in [-0.3, -0.25) is 4.79 Å². The predicted octanol–water partition coefficient (Wildman–Crippen LogP) is 1.26. The molecule has 6 nitrogen and oxygen atoms in total. The zero-order valence-corrected chi connectivity index (χ0v) is 14.0. The van der Waals surface area contributed by atoms with E-state index in [9.17, 15) is 13.2 Å². The van der Waals surface area contributed by atoms with Crippen LogP contribution in [0.5, 0.6) is 5.75 Å². The first-order chi connectivity index (χ1) is 10.8. The van der Waals surface area contributed by atoms with Gasteiger partial charge in [0.15, 0.2) is 15.9 Å². The first-order valence-corrected chi connectivity index (χ1v) is 9.31. The zero-order valence-electron chi connectivity index (χ0n) is 13.2. The molecule has 2 unspecified atom stereocenters. The lowest BCUT2D eigenvalue weighted by Crippen LogP contribution is -2.46. The van der Waals surface area contributed by atoms with Crippen LogP contribution in [0.4, 0.5) is 0 Å². The maximum absolute atomic E-state index is 12.4. The number of nitriles is 1. The molecule has 1 aromatic carbocycles. The van der Waals surface area contributed by atoms with E-state index in [2.05, 4.69) is 5.32 Å². The number of hydrogen-bond donors (Lipinski definition) is 1. The van der Waals surface area contributed by atoms with Gasteiger partial charge in [-0.25, -0.2) is 8.42 Å². The molecule has 2 rings (SSSR count). The molecule has 1 fully saturated rings. The number of ether oxygens (including phenoxy) is 1. The summed E-state index contributed by atoms with van der Waals surface area (Å²) >= 11 is 0. The minimum atomic E-state index is -3.06. The van der Waals surface area contributed by atoms with Gasteiger partial charge in [-0.2, -0.15) is 5.26 Å². The van der Waals surface area contributed by atoms with E-state index < -0.39 is 15.9 Å². The topological polar surface area (TPSA) is 96.3 Å². The highest BCUT2D eigenvalue weighted by atomic mass is 32.2. The number of para-hydroxylation sites is 1. The van der Waals surface area contributed by atoms with Crippen LogP contribution in [0, 0.1) is 17.2 Å². The van der Waals surface area contributed by atoms with Gasteiger partial charge in [0, 0.05) is 6.04 Å². The van der Waals surface area contributed by atoms with Crippen LogP contribution in [0.3, 0.4) is 0 Å². The Morgan fingerprint density at radius 2 is 2.09 bits per heavy atom. The van der Waals surface area contributed by atoms with Crippen molar-refractivity contribution in [3.63, 3.8) is 0 Å². The molecular weight excluding hydrogens is 316 g/mol. The Balaban J connectivity index is 2.09. The van der Waals surface area contributed by atoms with E-state index in [1.165, 1.54) is 0 Å². The molecule has 0 saturated carbocycles. The van der Waals surface area contributed by atoms with Crippen molar-refractivity contribution >= 4 is 15.7 Å². The number of amides is 1. The van der Waals surface area contributed by atoms with Crippen molar-refractivity contribution in [3.8, 4) is 11.8 Å². The summed E-state index contributed by atoms with van der Waals surface area (Å²) in [4.78, 5) is 12.4. The van der Waals surface area contributed by atoms with E-state index in [0.717, 1.165) is 0 Å². The highest BCUT2D eigenvalue weighted by Crippen LogP contribution is 2.21. The quantitative estimate of drug-likeness (QED) is 0.873. The minimum absolute atomic E-state index is 0.0294. The molecule has 7 heteroatoms. The van der Waals surface area contributed by atoms with Gasteiger partial charge in [0.1, 0.15) is 11.8 Å². The molecule has 0 spiro atoms. The van der Waals surface area contributed by atoms with Crippen molar-refractivity contribution in [3.05, 3.63) is 29.8 Å². The number of nitrogens with one attached hydrogen (secondary N) is 1. The molecule has 1 aliphatic rings. The van der Waals surface area contributed by atoms with Gasteiger partial charge in [-0.15, -0.1) is 0 Å². The maximum Gasteiger partial charge on any atom is 0.261 e. The largest absolute Gasteiger partial charge is 0.479 e. The van der Waals surface area contributed by atoms with E-state index in [1.54, 1.807) is 24.3 Å². The number of hydrogen-bond acceptors (Lipinski definition) is 5. The molecule has 1 N–H and O–H groups in total. The number of sulfone groups is 1. The molecule has 1 aromatic rings. The summed E-state index contributed by atoms with van der Waals surface area (Å²) in [6.07, 6.45) is -0.360. The molecule has 1 aliphatic heterocycles. The van der Waals surface area contributed by atoms with Gasteiger partial charge < -0.3 is 10.1 Å². The van der Waals surface area contributed by atoms with Crippen LogP contribution in [-0.4, -0.2) is 38.0 Å². The van der Waals surface area contributed by atoms with Gasteiger partial charge in [0.2, 0.25) is 0 Å². The van der Waals surface area contributed by atoms with Gasteiger partial charge in [0.05, 0.1) is 17.1 Å². The van der Waals surface area contributed by atoms with Crippen molar-refractivity contribution in [2.24, 2.45) is 5.92 Å². The van der Waals surface area contributed by atoms with Crippen molar-refractivity contribution in [2.45, 2.75) is 32.4 Å². The number of nitrogens with zero attached hydrogens (tertiary/aromatic N) is 1. The molecule has 1 saturated heterocycles. The first-order valence-electron chi connectivity index (χ1n) is 7.49. The van der Waals surface area contributed by atoms with Crippen molar-refractivity contribution in [2.75, 3.05) is 11.5 Å². The number of benzene rings is 1. The average Bonchev–Trinajstić information content (AvgIpc) is 2.83. The second kappa shape index (κ2) is 7.01. The van der Waals surface area contributed by atoms with Crippen LogP contribution < -0.4 is 10.1 Å². The molecule has 0 radical (unpaired) electrons. The van der Waals surface area contributed by atoms with E-state index in [-0.39, 0.29) is 29.4 Å². The monoisotopic (exact) mass is 336 g/mol. The smallest absolute Gasteiger partial charge is 0.261 e. The second-order valence-corrected chi connectivity index (χ2v) is 8.23. The summed E-state index contributed by atoms with van der Waals surface area (Å²) < 4.78 is 28.7. The Hall–Kier alpha value is -2.07. The standard InChI is InChI=1S/C16H20N2O4S/c1-11(2)15(22-14-6-4-3-5-12(14)9-17)16(19)18-13-7-8-23(20,21)10-13/h3-6,11,13,15H,7-8,10H2,1-2H3,(H,18,19). The molecule has 0 aromatic heterocycles. The van der Waals surface area contributed by atoms with Crippen molar-refractivity contribution in [1.82, 2.24) is 5.32 Å². The minimum Gasteiger partial charge on any atom is -0.479 e. The van der Waals surface area contributed by atoms with E-state index in [1.807, 2.05) is 19.9 Å². The first kappa shape index (κ1) is 17.3. The van der Waals surface area contributed by atoms with E-state index in [4.69, 9.17) is 10.00 Å². The van der Waals surface area contributed by atoms with Crippen molar-refractivity contribution in [1.29, 1.82) is 5.26 Å². The summed E-state index contributed by atoms with van der Waals surface area (Å²) in [7, 11) is -3.06. The Labute approximate surface area is 136 Å². The molecule has 23 heavy (non-hydrogen) atoms. The number of carbonyl (C=O) groups excluding carboxylic acids is 1. The van der Waals surface area contributed by atoms with Crippen LogP contribution in [0.15, 0.2) is 24.3 Å². The molecule has 124 valence electrons. The molecule has 0 bridgehead atoms. The lowest BCUT2D eigenvalue weighted by atomic mass is 10.1. The van der Waals surface area contributed by atoms with Crippen molar-refractivity contribution < 1.29 is 17.9 Å². The third-order valence-electron chi connectivity index (χ3n) is 3.70. The Morgan fingerprint density at radius 1 is 1.39 bits per heavy atom. The summed E-state index contributed by atoms with van der Waals surface area (Å²) in [5.41, 5.74) is 0.356. The molecular formula is C16H20N2O4S. The van der Waals surface area contributed by atoms with Crippen LogP contribution >= 0.6 is 0 Å². The van der Waals surface area contributed by atoms with Crippen LogP contribution in [0.1, 0.15) is 25.8 Å². The van der Waals surface area contributed by atoms with Crippen LogP contribution in [0.25, 0.3) is 0 Å². The Bertz CT molecular complexity index is 722. The average molecular weight is 336 g/mol. The second-order valence-electron chi connectivity index (χ2n) is 6.00. The van der Waals surface area contributed by atoms with Crippen LogP contribution in [0.2, 0.25) is 0 Å². The highest BCUT2D eigenvalue weighted by Gasteiger charge is 2.32. The lowest BCUT2D eigenvalue weighted by Gasteiger charge is -2.24. The molecule has 1 amide bonds. The fourth-order valence-electron chi connectivity index (χ4n) is 2.48. The molecule has 1 heterocycles. The molecule has 2 atom stereocenters. The third-order valence-corrected chi connectivity index (χ3v) is 5.47. The summed E-state index contributed by atoms with van der Waals surface area (Å²) in [5.74, 6) is -0.0571. The lowest BCUT2D eigenvalue weighted by molar-refractivity contribution is -0.130. The third kappa shape index (κ3) is 4.45. The molecule has 0 aliphatic carbocycles. The van der Waals surface area contributed by atoms with Gasteiger partial charge in [-0.05, 0) is 24.5 Å². The van der Waals surface area contributed by atoms with Crippen LogP contribution in [-0.2, 0) is 14.6 Å². The number of carbonyl (C=O) groups is 1. The fraction of sp³-hybridized carbons (Fsp3) is 0.500. The maximum atomic E-state index is 12.4. The summed E-state index contributed by atoms with van der Waals surface area (Å²) in [6.45, 7) is 3.68. The van der Waals surface area contributed by atoms with Gasteiger partial charge in [-0.1, -0.05) is 26.0 Å². The van der Waals surface area contributed by atoms with Gasteiger partial charge >= 0.3 is 0 Å². The summed E-state index contributed by atoms with van der Waals surface area (Å²) in [6, 6.07) is 8.37. The zero-order chi connectivity index (χ0) is 17.0. The predicted molar refractivity (Wildman–Crippen MR) is 85.6 cm³/mol. The van der Waals surface area contributed by atoms with E-state index in [0.29, 0.717) is 17.7 Å². The van der Waals surface area contributed by atoms with E-state index >= 15 is 0 Å². The Morgan fingerprint density at radius 3 is 2.65 bits per heavy atom. The normalized spacial score (nSPS) is 20.7. The highest BCUT2D eigenvalue weighted by molar-refractivity contribution is 7.91. The fourth-order valence-corrected chi connectivity index (χ4v) is 4.16. The Kier molecular flexibility index (Phi) is 5.26. The number of rotatable bonds is 5. The van der Waals surface area contributed by atoms with Gasteiger partial charge in [0.25, 0.3) is 5.91 Å². The summed E-state index contributed by atoms with van der Waals surface area (Å²) in [5, 5.41) is 11.8.